The van der Waals surface area contributed by atoms with Crippen LogP contribution in [0.5, 0.6) is 0 Å². The van der Waals surface area contributed by atoms with Crippen LogP contribution in [0.25, 0.3) is 0 Å². The summed E-state index contributed by atoms with van der Waals surface area (Å²) >= 11 is 0. The van der Waals surface area contributed by atoms with Gasteiger partial charge in [-0.1, -0.05) is 39.5 Å². The predicted octanol–water partition coefficient (Wildman–Crippen LogP) is 14.9. The third-order valence-corrected chi connectivity index (χ3v) is 51.9. The lowest BCUT2D eigenvalue weighted by molar-refractivity contribution is -0.143. The van der Waals surface area contributed by atoms with Gasteiger partial charge in [0.15, 0.2) is 58.2 Å². The van der Waals surface area contributed by atoms with E-state index in [2.05, 4.69) is 197 Å². The number of rotatable bonds is 44. The molecule has 0 aromatic heterocycles. The average Bonchev–Trinajstić information content (AvgIpc) is 2.87. The molecule has 0 bridgehead atoms. The summed E-state index contributed by atoms with van der Waals surface area (Å²) in [6.07, 6.45) is 3.01. The summed E-state index contributed by atoms with van der Waals surface area (Å²) < 4.78 is 85.4. The number of hydrogen-bond acceptors (Lipinski definition) is 19. The largest absolute Gasteiger partial charge is 0.469 e. The molecule has 0 amide bonds. The molecule has 0 saturated carbocycles. The second-order valence-electron chi connectivity index (χ2n) is 30.6. The average molecular weight is 1460 g/mol. The maximum atomic E-state index is 11.6. The summed E-state index contributed by atoms with van der Waals surface area (Å²) in [5.74, 6) is -1.36. The smallest absolute Gasteiger partial charge is 0.462 e. The highest BCUT2D eigenvalue weighted by atomic mass is 28.5. The van der Waals surface area contributed by atoms with E-state index < -0.39 is 125 Å². The minimum Gasteiger partial charge on any atom is -0.462 e. The number of carbonyl (C=O) groups excluding carboxylic acids is 3. The van der Waals surface area contributed by atoms with Crippen LogP contribution in [0.4, 0.5) is 0 Å². The van der Waals surface area contributed by atoms with E-state index in [1.54, 1.807) is 20.8 Å². The highest BCUT2D eigenvalue weighted by molar-refractivity contribution is 6.92. The Hall–Kier alpha value is -0.287. The summed E-state index contributed by atoms with van der Waals surface area (Å²) in [5, 5.41) is 19.7. The van der Waals surface area contributed by atoms with Crippen molar-refractivity contribution in [3.05, 3.63) is 36.5 Å². The summed E-state index contributed by atoms with van der Waals surface area (Å²) in [4.78, 5) is 34.2. The Kier molecular flexibility index (Phi) is 42.1. The monoisotopic (exact) mass is 1460 g/mol. The van der Waals surface area contributed by atoms with Crippen LogP contribution < -0.4 is 0 Å². The summed E-state index contributed by atoms with van der Waals surface area (Å²) in [6, 6.07) is 3.61. The lowest BCUT2D eigenvalue weighted by atomic mass is 10.3. The molecule has 19 nitrogen and oxygen atoms in total. The van der Waals surface area contributed by atoms with Gasteiger partial charge in [-0.15, -0.1) is 0 Å². The maximum Gasteiger partial charge on any atom is 0.469 e. The van der Waals surface area contributed by atoms with Gasteiger partial charge in [0.05, 0.1) is 19.8 Å². The first-order valence-electron chi connectivity index (χ1n) is 31.5. The standard InChI is InChI=1S/C24H56O8Si5.C17H38O6Si3.C16H38O5Si4/c1-14-15-18-33(4,5)29-35(8,9)31-37(12,13)32-36(10,11)30-34(6,7)19-16-17-27-20-23(25)21-28-24(26)22(2)3;1-15(2)17(19)21-14-16(18)13-20-11-10-12-26(9,22-24(3,4)5)23-25(6,7)8;1-15(2)16(17)18-13-12-14-25(19-22(3,4)5,20-23(6,7)8)21-24(9,10)11/h23,25H,2,14-21H2,1,3-13H3;16,18H,1,10-14H2,2-9H3;1,12-14H2,2-11H3. The number of hydrogen-bond donors (Lipinski definition) is 2. The Morgan fingerprint density at radius 3 is 0.943 bits per heavy atom. The molecule has 0 aliphatic rings. The van der Waals surface area contributed by atoms with Crippen LogP contribution in [-0.2, 0) is 75.1 Å². The quantitative estimate of drug-likeness (QED) is 0.0190. The molecule has 522 valence electrons. The van der Waals surface area contributed by atoms with E-state index >= 15 is 0 Å². The first-order valence-corrected chi connectivity index (χ1v) is 67.7. The third kappa shape index (κ3) is 54.0. The lowest BCUT2D eigenvalue weighted by Crippen LogP contribution is -2.60. The van der Waals surface area contributed by atoms with E-state index in [0.29, 0.717) is 49.0 Å². The Morgan fingerprint density at radius 2 is 0.636 bits per heavy atom. The minimum absolute atomic E-state index is 0.0877. The SMILES string of the molecule is C=C(C)C(=O)OCC(O)COCCC[Si](C)(C)O[Si](C)(C)O[Si](C)(C)O[Si](C)(C)O[Si](C)(C)CCCC.C=C(C)C(=O)OCC(O)COCCC[Si](C)(O[Si](C)(C)C)O[Si](C)(C)C.C=C(C)C(=O)OCCC[Si](O[Si](C)(C)C)(O[Si](C)(C)C)O[Si](C)(C)C. The van der Waals surface area contributed by atoms with Crippen molar-refractivity contribution >= 4 is 119 Å². The molecule has 2 unspecified atom stereocenters. The number of aliphatic hydroxyl groups is 2. The van der Waals surface area contributed by atoms with E-state index in [9.17, 15) is 24.6 Å². The summed E-state index contributed by atoms with van der Waals surface area (Å²) in [6.45, 7) is 75.4. The zero-order chi connectivity index (χ0) is 69.8. The highest BCUT2D eigenvalue weighted by Gasteiger charge is 2.50. The molecular formula is C57H132O19Si12. The van der Waals surface area contributed by atoms with Crippen LogP contribution in [0.3, 0.4) is 0 Å². The molecular weight excluding hydrogens is 1330 g/mol. The van der Waals surface area contributed by atoms with Crippen molar-refractivity contribution < 1.29 is 85.3 Å². The van der Waals surface area contributed by atoms with Gasteiger partial charge in [0.25, 0.3) is 0 Å². The molecule has 0 aliphatic carbocycles. The van der Waals surface area contributed by atoms with E-state index in [0.717, 1.165) is 31.0 Å². The summed E-state index contributed by atoms with van der Waals surface area (Å²) in [7, 11) is -25.0. The molecule has 0 aromatic rings. The molecule has 2 atom stereocenters. The van der Waals surface area contributed by atoms with E-state index in [1.807, 2.05) is 0 Å². The number of esters is 3. The van der Waals surface area contributed by atoms with Gasteiger partial charge in [0, 0.05) is 36.0 Å². The fourth-order valence-corrected chi connectivity index (χ4v) is 61.0. The Labute approximate surface area is 550 Å². The van der Waals surface area contributed by atoms with Crippen LogP contribution in [0.15, 0.2) is 36.5 Å². The third-order valence-electron chi connectivity index (χ3n) is 10.9. The molecule has 0 radical (unpaired) electrons. The van der Waals surface area contributed by atoms with Gasteiger partial charge in [-0.2, -0.15) is 0 Å². The van der Waals surface area contributed by atoms with Crippen LogP contribution >= 0.6 is 0 Å². The van der Waals surface area contributed by atoms with Gasteiger partial charge >= 0.3 is 61.0 Å². The molecule has 2 N–H and O–H groups in total. The zero-order valence-corrected chi connectivity index (χ0v) is 73.4. The van der Waals surface area contributed by atoms with Crippen molar-refractivity contribution in [1.29, 1.82) is 0 Å². The second kappa shape index (κ2) is 40.3. The van der Waals surface area contributed by atoms with Crippen LogP contribution in [-0.4, -0.2) is 188 Å². The minimum atomic E-state index is -2.83. The fourth-order valence-electron chi connectivity index (χ4n) is 9.11. The number of aliphatic hydroxyl groups excluding tert-OH is 2. The van der Waals surface area contributed by atoms with Crippen molar-refractivity contribution in [1.82, 2.24) is 0 Å². The van der Waals surface area contributed by atoms with Crippen molar-refractivity contribution in [2.75, 3.05) is 46.2 Å². The van der Waals surface area contributed by atoms with Gasteiger partial charge in [-0.25, -0.2) is 14.4 Å². The number of unbranched alkanes of at least 4 members (excludes halogenated alkanes) is 1. The molecule has 0 saturated heterocycles. The van der Waals surface area contributed by atoms with Gasteiger partial charge in [0.2, 0.25) is 0 Å². The maximum absolute atomic E-state index is 11.6. The van der Waals surface area contributed by atoms with Crippen LogP contribution in [0.2, 0.25) is 194 Å². The molecule has 0 aromatic carbocycles. The number of ether oxygens (including phenoxy) is 5. The van der Waals surface area contributed by atoms with Gasteiger partial charge in [0.1, 0.15) is 25.4 Å². The number of carbonyl (C=O) groups is 3. The fraction of sp³-hybridized carbons (Fsp3) is 0.842. The highest BCUT2D eigenvalue weighted by Crippen LogP contribution is 2.32. The van der Waals surface area contributed by atoms with E-state index in [4.69, 9.17) is 60.7 Å². The van der Waals surface area contributed by atoms with Gasteiger partial charge < -0.3 is 70.9 Å². The van der Waals surface area contributed by atoms with Gasteiger partial charge in [-0.05, 0) is 228 Å². The predicted molar refractivity (Wildman–Crippen MR) is 390 cm³/mol. The van der Waals surface area contributed by atoms with Crippen molar-refractivity contribution in [3.8, 4) is 0 Å². The van der Waals surface area contributed by atoms with Crippen molar-refractivity contribution in [2.24, 2.45) is 0 Å². The van der Waals surface area contributed by atoms with Crippen LogP contribution in [0, 0.1) is 0 Å². The summed E-state index contributed by atoms with van der Waals surface area (Å²) in [5.41, 5.74) is 1.03. The zero-order valence-electron chi connectivity index (χ0n) is 61.4. The van der Waals surface area contributed by atoms with Crippen LogP contribution in [0.1, 0.15) is 59.8 Å². The lowest BCUT2D eigenvalue weighted by Gasteiger charge is -2.42. The van der Waals surface area contributed by atoms with E-state index in [-0.39, 0.29) is 32.4 Å². The Balaban J connectivity index is -0.00000127. The van der Waals surface area contributed by atoms with E-state index in [1.165, 1.54) is 12.8 Å². The first-order chi connectivity index (χ1) is 39.2. The molecule has 0 spiro atoms. The normalized spacial score (nSPS) is 14.2. The van der Waals surface area contributed by atoms with Crippen molar-refractivity contribution in [2.45, 2.75) is 266 Å². The molecule has 0 rings (SSSR count). The molecule has 88 heavy (non-hydrogen) atoms. The molecule has 0 fully saturated rings. The van der Waals surface area contributed by atoms with Crippen molar-refractivity contribution in [3.63, 3.8) is 0 Å². The molecule has 0 heterocycles. The Morgan fingerprint density at radius 1 is 0.352 bits per heavy atom. The Bertz CT molecular complexity index is 2020. The first kappa shape index (κ1) is 91.9. The second-order valence-corrected chi connectivity index (χ2v) is 80.1. The topological polar surface area (TPSA) is 221 Å². The molecule has 31 heteroatoms. The molecule has 0 aliphatic heterocycles. The van der Waals surface area contributed by atoms with Gasteiger partial charge in [-0.3, -0.25) is 0 Å².